The van der Waals surface area contributed by atoms with Crippen molar-refractivity contribution in [3.8, 4) is 11.5 Å². The zero-order valence-corrected chi connectivity index (χ0v) is 17.7. The average Bonchev–Trinajstić information content (AvgIpc) is 3.27. The van der Waals surface area contributed by atoms with E-state index in [9.17, 15) is 0 Å². The van der Waals surface area contributed by atoms with Crippen LogP contribution >= 0.6 is 0 Å². The molecule has 158 valence electrons. The lowest BCUT2D eigenvalue weighted by Gasteiger charge is -2.18. The molecule has 7 heteroatoms. The summed E-state index contributed by atoms with van der Waals surface area (Å²) in [4.78, 5) is 4.30. The molecule has 30 heavy (non-hydrogen) atoms. The highest BCUT2D eigenvalue weighted by molar-refractivity contribution is 5.79. The number of methoxy groups -OCH3 is 1. The summed E-state index contributed by atoms with van der Waals surface area (Å²) in [6, 6.07) is 18.0. The lowest BCUT2D eigenvalue weighted by molar-refractivity contribution is 0.223. The van der Waals surface area contributed by atoms with Crippen molar-refractivity contribution in [2.24, 2.45) is 4.99 Å². The van der Waals surface area contributed by atoms with E-state index >= 15 is 0 Å². The van der Waals surface area contributed by atoms with Gasteiger partial charge in [0.15, 0.2) is 5.96 Å². The van der Waals surface area contributed by atoms with E-state index in [0.717, 1.165) is 24.0 Å². The Kier molecular flexibility index (Phi) is 7.71. The van der Waals surface area contributed by atoms with Crippen LogP contribution in [0.2, 0.25) is 0 Å². The van der Waals surface area contributed by atoms with Crippen molar-refractivity contribution in [2.45, 2.75) is 26.1 Å². The fourth-order valence-corrected chi connectivity index (χ4v) is 3.01. The number of rotatable bonds is 9. The lowest BCUT2D eigenvalue weighted by Crippen LogP contribution is -2.41. The minimum absolute atomic E-state index is 0.0342. The molecule has 1 atom stereocenters. The molecule has 1 unspecified atom stereocenters. The van der Waals surface area contributed by atoms with Crippen LogP contribution in [0.1, 0.15) is 18.1 Å². The number of aromatic nitrogens is 2. The molecule has 0 amide bonds. The topological polar surface area (TPSA) is 72.7 Å². The van der Waals surface area contributed by atoms with Crippen molar-refractivity contribution in [3.63, 3.8) is 0 Å². The molecule has 0 saturated heterocycles. The van der Waals surface area contributed by atoms with E-state index in [1.165, 1.54) is 11.1 Å². The normalized spacial score (nSPS) is 12.3. The van der Waals surface area contributed by atoms with Gasteiger partial charge in [0.2, 0.25) is 0 Å². The summed E-state index contributed by atoms with van der Waals surface area (Å²) >= 11 is 0. The Morgan fingerprint density at radius 2 is 1.87 bits per heavy atom. The van der Waals surface area contributed by atoms with Gasteiger partial charge in [-0.15, -0.1) is 0 Å². The van der Waals surface area contributed by atoms with Gasteiger partial charge in [-0.05, 0) is 36.2 Å². The first-order chi connectivity index (χ1) is 14.7. The molecule has 0 radical (unpaired) electrons. The minimum Gasteiger partial charge on any atom is -0.497 e. The van der Waals surface area contributed by atoms with Crippen molar-refractivity contribution in [1.82, 2.24) is 20.4 Å². The van der Waals surface area contributed by atoms with Crippen LogP contribution in [-0.2, 0) is 13.1 Å². The van der Waals surface area contributed by atoms with Crippen LogP contribution < -0.4 is 20.1 Å². The Hall–Kier alpha value is -3.48. The summed E-state index contributed by atoms with van der Waals surface area (Å²) in [7, 11) is 3.41. The van der Waals surface area contributed by atoms with E-state index < -0.39 is 0 Å². The van der Waals surface area contributed by atoms with Gasteiger partial charge in [-0.2, -0.15) is 5.10 Å². The van der Waals surface area contributed by atoms with E-state index in [1.807, 2.05) is 48.1 Å². The van der Waals surface area contributed by atoms with Gasteiger partial charge in [-0.3, -0.25) is 9.67 Å². The highest BCUT2D eigenvalue weighted by Crippen LogP contribution is 2.19. The molecule has 0 bridgehead atoms. The number of ether oxygens (including phenoxy) is 2. The monoisotopic (exact) mass is 407 g/mol. The molecule has 0 aliphatic heterocycles. The molecule has 1 aromatic heterocycles. The number of guanidine groups is 1. The second-order valence-electron chi connectivity index (χ2n) is 6.94. The number of aliphatic imine (C=N–C) groups is 1. The van der Waals surface area contributed by atoms with Gasteiger partial charge in [-0.1, -0.05) is 30.3 Å². The molecule has 3 rings (SSSR count). The van der Waals surface area contributed by atoms with E-state index in [-0.39, 0.29) is 6.10 Å². The van der Waals surface area contributed by atoms with Crippen molar-refractivity contribution < 1.29 is 9.47 Å². The van der Waals surface area contributed by atoms with Gasteiger partial charge in [-0.25, -0.2) is 0 Å². The molecule has 2 N–H and O–H groups in total. The smallest absolute Gasteiger partial charge is 0.191 e. The van der Waals surface area contributed by atoms with Gasteiger partial charge in [0.25, 0.3) is 0 Å². The number of nitrogens with one attached hydrogen (secondary N) is 2. The van der Waals surface area contributed by atoms with E-state index in [4.69, 9.17) is 9.47 Å². The summed E-state index contributed by atoms with van der Waals surface area (Å²) in [5.41, 5.74) is 2.39. The van der Waals surface area contributed by atoms with Crippen LogP contribution in [0.4, 0.5) is 0 Å². The van der Waals surface area contributed by atoms with Gasteiger partial charge in [0.05, 0.1) is 20.2 Å². The Bertz CT molecular complexity index is 940. The van der Waals surface area contributed by atoms with Crippen LogP contribution in [0.5, 0.6) is 11.5 Å². The SMILES string of the molecule is CN=C(NCc1cccc(Cn2cccn2)c1)NCC(C)Oc1cccc(OC)c1. The highest BCUT2D eigenvalue weighted by Gasteiger charge is 2.07. The fraction of sp³-hybridized carbons (Fsp3) is 0.304. The second-order valence-corrected chi connectivity index (χ2v) is 6.94. The second kappa shape index (κ2) is 10.9. The first-order valence-electron chi connectivity index (χ1n) is 9.96. The van der Waals surface area contributed by atoms with Crippen molar-refractivity contribution in [1.29, 1.82) is 0 Å². The predicted molar refractivity (Wildman–Crippen MR) is 119 cm³/mol. The number of hydrogen-bond donors (Lipinski definition) is 2. The van der Waals surface area contributed by atoms with E-state index in [1.54, 1.807) is 20.4 Å². The maximum Gasteiger partial charge on any atom is 0.191 e. The number of hydrogen-bond acceptors (Lipinski definition) is 4. The molecule has 0 fully saturated rings. The van der Waals surface area contributed by atoms with Crippen LogP contribution in [0.15, 0.2) is 72.0 Å². The molecule has 0 spiro atoms. The third-order valence-corrected chi connectivity index (χ3v) is 4.51. The minimum atomic E-state index is -0.0342. The van der Waals surface area contributed by atoms with Crippen LogP contribution in [0.3, 0.4) is 0 Å². The van der Waals surface area contributed by atoms with E-state index in [0.29, 0.717) is 13.1 Å². The largest absolute Gasteiger partial charge is 0.497 e. The van der Waals surface area contributed by atoms with Gasteiger partial charge >= 0.3 is 0 Å². The predicted octanol–water partition coefficient (Wildman–Crippen LogP) is 3.07. The zero-order valence-electron chi connectivity index (χ0n) is 17.7. The Morgan fingerprint density at radius 3 is 2.63 bits per heavy atom. The first-order valence-corrected chi connectivity index (χ1v) is 9.96. The molecule has 1 heterocycles. The molecular weight excluding hydrogens is 378 g/mol. The lowest BCUT2D eigenvalue weighted by atomic mass is 10.1. The summed E-state index contributed by atoms with van der Waals surface area (Å²) in [6.07, 6.45) is 3.72. The van der Waals surface area contributed by atoms with Crippen molar-refractivity contribution in [3.05, 3.63) is 78.1 Å². The Labute approximate surface area is 177 Å². The number of nitrogens with zero attached hydrogens (tertiary/aromatic N) is 3. The molecular formula is C23H29N5O2. The van der Waals surface area contributed by atoms with Gasteiger partial charge < -0.3 is 20.1 Å². The zero-order chi connectivity index (χ0) is 21.2. The molecule has 3 aromatic rings. The van der Waals surface area contributed by atoms with Gasteiger partial charge in [0, 0.05) is 32.1 Å². The highest BCUT2D eigenvalue weighted by atomic mass is 16.5. The molecule has 0 aliphatic carbocycles. The fourth-order valence-electron chi connectivity index (χ4n) is 3.01. The average molecular weight is 408 g/mol. The third kappa shape index (κ3) is 6.55. The van der Waals surface area contributed by atoms with Crippen LogP contribution in [0, 0.1) is 0 Å². The number of benzene rings is 2. The molecule has 0 saturated carbocycles. The summed E-state index contributed by atoms with van der Waals surface area (Å²) in [5, 5.41) is 10.9. The standard InChI is InChI=1S/C23H29N5O2/c1-18(30-22-10-5-9-21(14-22)29-3)15-25-23(24-2)26-16-19-7-4-8-20(13-19)17-28-12-6-11-27-28/h4-14,18H,15-17H2,1-3H3,(H2,24,25,26). The van der Waals surface area contributed by atoms with Gasteiger partial charge in [0.1, 0.15) is 17.6 Å². The summed E-state index contributed by atoms with van der Waals surface area (Å²) < 4.78 is 13.1. The summed E-state index contributed by atoms with van der Waals surface area (Å²) in [6.45, 7) is 4.07. The Morgan fingerprint density at radius 1 is 1.07 bits per heavy atom. The summed E-state index contributed by atoms with van der Waals surface area (Å²) in [5.74, 6) is 2.29. The molecule has 2 aromatic carbocycles. The van der Waals surface area contributed by atoms with E-state index in [2.05, 4.69) is 45.0 Å². The Balaban J connectivity index is 1.46. The first kappa shape index (κ1) is 21.2. The molecule has 7 nitrogen and oxygen atoms in total. The third-order valence-electron chi connectivity index (χ3n) is 4.51. The maximum atomic E-state index is 5.95. The molecule has 0 aliphatic rings. The quantitative estimate of drug-likeness (QED) is 0.421. The van der Waals surface area contributed by atoms with Crippen LogP contribution in [-0.4, -0.2) is 42.5 Å². The van der Waals surface area contributed by atoms with Crippen molar-refractivity contribution >= 4 is 5.96 Å². The van der Waals surface area contributed by atoms with Crippen LogP contribution in [0.25, 0.3) is 0 Å². The van der Waals surface area contributed by atoms with Crippen molar-refractivity contribution in [2.75, 3.05) is 20.7 Å². The maximum absolute atomic E-state index is 5.95.